The number of hydrogen-bond donors (Lipinski definition) is 5. The molecule has 0 unspecified atom stereocenters. The highest BCUT2D eigenvalue weighted by Crippen LogP contribution is 2.40. The Balaban J connectivity index is 1.78. The molecule has 28 heavy (non-hydrogen) atoms. The average Bonchev–Trinajstić information content (AvgIpc) is 3.23. The van der Waals surface area contributed by atoms with Gasteiger partial charge in [-0.1, -0.05) is 12.1 Å². The Bertz CT molecular complexity index is 964. The van der Waals surface area contributed by atoms with Crippen LogP contribution in [0.3, 0.4) is 0 Å². The van der Waals surface area contributed by atoms with Gasteiger partial charge in [-0.2, -0.15) is 9.97 Å². The summed E-state index contributed by atoms with van der Waals surface area (Å²) in [7, 11) is 1.48. The number of thiazole rings is 1. The lowest BCUT2D eigenvalue weighted by Gasteiger charge is -2.20. The third-order valence-corrected chi connectivity index (χ3v) is 6.01. The molecule has 0 bridgehead atoms. The fourth-order valence-electron chi connectivity index (χ4n) is 3.51. The number of nitrogens with zero attached hydrogens (tertiary/aromatic N) is 3. The predicted molar refractivity (Wildman–Crippen MR) is 106 cm³/mol. The molecule has 1 aliphatic rings. The van der Waals surface area contributed by atoms with E-state index in [1.807, 2.05) is 24.3 Å². The van der Waals surface area contributed by atoms with Gasteiger partial charge in [0.2, 0.25) is 11.8 Å². The van der Waals surface area contributed by atoms with Crippen molar-refractivity contribution in [3.8, 4) is 16.5 Å². The van der Waals surface area contributed by atoms with Crippen molar-refractivity contribution in [1.29, 1.82) is 0 Å². The summed E-state index contributed by atoms with van der Waals surface area (Å²) in [5, 5.41) is 33.6. The van der Waals surface area contributed by atoms with Crippen molar-refractivity contribution in [3.63, 3.8) is 0 Å². The minimum atomic E-state index is -1.05. The topological polar surface area (TPSA) is 147 Å². The van der Waals surface area contributed by atoms with Gasteiger partial charge >= 0.3 is 0 Å². The van der Waals surface area contributed by atoms with Crippen LogP contribution in [0, 0.1) is 5.92 Å². The average molecular weight is 403 g/mol. The first-order valence-corrected chi connectivity index (χ1v) is 9.64. The number of hydrogen-bond acceptors (Lipinski definition) is 10. The van der Waals surface area contributed by atoms with Crippen LogP contribution in [0.2, 0.25) is 0 Å². The number of anilines is 2. The van der Waals surface area contributed by atoms with E-state index in [-0.39, 0.29) is 18.4 Å². The number of nitrogens with two attached hydrogens (primary N) is 1. The Hall–Kier alpha value is -2.53. The maximum atomic E-state index is 10.3. The molecule has 4 atom stereocenters. The van der Waals surface area contributed by atoms with Gasteiger partial charge in [0, 0.05) is 12.5 Å². The fraction of sp³-hybridized carbons (Fsp3) is 0.389. The molecule has 6 N–H and O–H groups in total. The van der Waals surface area contributed by atoms with E-state index in [1.165, 1.54) is 18.4 Å². The largest absolute Gasteiger partial charge is 0.480 e. The van der Waals surface area contributed by atoms with Crippen molar-refractivity contribution in [2.45, 2.75) is 24.7 Å². The molecular weight excluding hydrogens is 382 g/mol. The Morgan fingerprint density at radius 2 is 2.00 bits per heavy atom. The molecule has 1 fully saturated rings. The number of nitrogens with one attached hydrogen (secondary N) is 1. The fourth-order valence-corrected chi connectivity index (χ4v) is 4.51. The molecule has 1 aliphatic carbocycles. The van der Waals surface area contributed by atoms with Crippen molar-refractivity contribution in [1.82, 2.24) is 15.0 Å². The minimum Gasteiger partial charge on any atom is -0.480 e. The van der Waals surface area contributed by atoms with Gasteiger partial charge in [0.1, 0.15) is 22.5 Å². The first-order chi connectivity index (χ1) is 13.5. The predicted octanol–water partition coefficient (Wildman–Crippen LogP) is 0.859. The summed E-state index contributed by atoms with van der Waals surface area (Å²) < 4.78 is 6.41. The normalized spacial score (nSPS) is 24.6. The van der Waals surface area contributed by atoms with Crippen LogP contribution in [-0.4, -0.2) is 62.2 Å². The van der Waals surface area contributed by atoms with E-state index < -0.39 is 24.2 Å². The monoisotopic (exact) mass is 403 g/mol. The standard InChI is InChI=1S/C18H21N5O4S/c1-27-16-12(17-21-9-4-2-3-5-11(9)28-17)15(22-18(19)23-16)20-10-6-8(7-24)13(25)14(10)26/h2-5,8,10,13-14,24-26H,6-7H2,1H3,(H3,19,20,22,23)/t8-,10-,13-,14+/m1/s1. The van der Waals surface area contributed by atoms with Gasteiger partial charge in [-0.15, -0.1) is 11.3 Å². The van der Waals surface area contributed by atoms with E-state index in [1.54, 1.807) is 0 Å². The minimum absolute atomic E-state index is 0.0101. The van der Waals surface area contributed by atoms with E-state index in [9.17, 15) is 15.3 Å². The molecule has 1 aromatic carbocycles. The summed E-state index contributed by atoms with van der Waals surface area (Å²) in [6.45, 7) is -0.212. The van der Waals surface area contributed by atoms with Crippen LogP contribution in [0.1, 0.15) is 6.42 Å². The second-order valence-electron chi connectivity index (χ2n) is 6.71. The van der Waals surface area contributed by atoms with Crippen molar-refractivity contribution in [2.75, 3.05) is 24.8 Å². The molecule has 0 spiro atoms. The zero-order valence-corrected chi connectivity index (χ0v) is 15.9. The molecule has 2 heterocycles. The van der Waals surface area contributed by atoms with Gasteiger partial charge in [0.15, 0.2) is 0 Å². The summed E-state index contributed by atoms with van der Waals surface area (Å²) >= 11 is 1.46. The lowest BCUT2D eigenvalue weighted by Crippen LogP contribution is -2.35. The zero-order chi connectivity index (χ0) is 19.8. The molecule has 0 radical (unpaired) electrons. The highest BCUT2D eigenvalue weighted by atomic mass is 32.1. The summed E-state index contributed by atoms with van der Waals surface area (Å²) in [4.78, 5) is 13.1. The van der Waals surface area contributed by atoms with Crippen molar-refractivity contribution in [2.24, 2.45) is 5.92 Å². The first kappa shape index (κ1) is 18.8. The van der Waals surface area contributed by atoms with E-state index in [0.717, 1.165) is 10.2 Å². The van der Waals surface area contributed by atoms with Gasteiger partial charge < -0.3 is 31.1 Å². The summed E-state index contributed by atoms with van der Waals surface area (Å²) in [6, 6.07) is 7.21. The number of aromatic nitrogens is 3. The van der Waals surface area contributed by atoms with Crippen LogP contribution in [0.25, 0.3) is 20.8 Å². The molecule has 2 aromatic heterocycles. The van der Waals surface area contributed by atoms with Crippen LogP contribution in [0.4, 0.5) is 11.8 Å². The van der Waals surface area contributed by atoms with Crippen LogP contribution in [0.5, 0.6) is 5.88 Å². The van der Waals surface area contributed by atoms with Crippen LogP contribution >= 0.6 is 11.3 Å². The molecule has 3 aromatic rings. The molecule has 0 saturated heterocycles. The number of nitrogen functional groups attached to an aromatic ring is 1. The third-order valence-electron chi connectivity index (χ3n) is 4.95. The second kappa shape index (κ2) is 7.47. The molecule has 0 aliphatic heterocycles. The molecular formula is C18H21N5O4S. The van der Waals surface area contributed by atoms with Gasteiger partial charge in [0.05, 0.1) is 29.5 Å². The number of aliphatic hydroxyl groups excluding tert-OH is 3. The van der Waals surface area contributed by atoms with E-state index in [0.29, 0.717) is 22.8 Å². The third kappa shape index (κ3) is 3.24. The molecule has 4 rings (SSSR count). The molecule has 1 saturated carbocycles. The highest BCUT2D eigenvalue weighted by molar-refractivity contribution is 7.21. The zero-order valence-electron chi connectivity index (χ0n) is 15.1. The summed E-state index contributed by atoms with van der Waals surface area (Å²) in [5.74, 6) is 0.217. The van der Waals surface area contributed by atoms with Crippen molar-refractivity contribution < 1.29 is 20.1 Å². The smallest absolute Gasteiger partial charge is 0.230 e. The Kier molecular flexibility index (Phi) is 5.02. The maximum Gasteiger partial charge on any atom is 0.230 e. The van der Waals surface area contributed by atoms with Gasteiger partial charge in [-0.3, -0.25) is 0 Å². The SMILES string of the molecule is COc1nc(N)nc(N[C@@H]2C[C@H](CO)[C@@H](O)[C@H]2O)c1-c1nc2ccccc2s1. The molecule has 0 amide bonds. The van der Waals surface area contributed by atoms with Crippen molar-refractivity contribution >= 4 is 33.3 Å². The number of aliphatic hydroxyl groups is 3. The van der Waals surface area contributed by atoms with E-state index in [4.69, 9.17) is 10.5 Å². The van der Waals surface area contributed by atoms with E-state index in [2.05, 4.69) is 20.3 Å². The number of methoxy groups -OCH3 is 1. The summed E-state index contributed by atoms with van der Waals surface area (Å²) in [5.41, 5.74) is 7.21. The number of ether oxygens (including phenoxy) is 1. The Morgan fingerprint density at radius 1 is 1.21 bits per heavy atom. The Morgan fingerprint density at radius 3 is 2.68 bits per heavy atom. The number of benzene rings is 1. The molecule has 10 heteroatoms. The summed E-state index contributed by atoms with van der Waals surface area (Å²) in [6.07, 6.45) is -1.69. The molecule has 9 nitrogen and oxygen atoms in total. The maximum absolute atomic E-state index is 10.3. The van der Waals surface area contributed by atoms with Crippen molar-refractivity contribution in [3.05, 3.63) is 24.3 Å². The highest BCUT2D eigenvalue weighted by Gasteiger charge is 2.41. The van der Waals surface area contributed by atoms with Gasteiger partial charge in [-0.25, -0.2) is 4.98 Å². The van der Waals surface area contributed by atoms with Crippen LogP contribution < -0.4 is 15.8 Å². The first-order valence-electron chi connectivity index (χ1n) is 8.82. The lowest BCUT2D eigenvalue weighted by molar-refractivity contribution is 0.00446. The van der Waals surface area contributed by atoms with Gasteiger partial charge in [-0.05, 0) is 18.6 Å². The number of para-hydroxylation sites is 1. The Labute approximate surface area is 164 Å². The van der Waals surface area contributed by atoms with Gasteiger partial charge in [0.25, 0.3) is 0 Å². The van der Waals surface area contributed by atoms with Crippen LogP contribution in [-0.2, 0) is 0 Å². The number of rotatable bonds is 5. The second-order valence-corrected chi connectivity index (χ2v) is 7.74. The quantitative estimate of drug-likeness (QED) is 0.418. The van der Waals surface area contributed by atoms with Crippen LogP contribution in [0.15, 0.2) is 24.3 Å². The number of fused-ring (bicyclic) bond motifs is 1. The van der Waals surface area contributed by atoms with E-state index >= 15 is 0 Å². The molecule has 148 valence electrons. The lowest BCUT2D eigenvalue weighted by atomic mass is 10.1.